The number of hydrogen-bond donors (Lipinski definition) is 2. The molecule has 0 radical (unpaired) electrons. The second-order valence-corrected chi connectivity index (χ2v) is 4.55. The highest BCUT2D eigenvalue weighted by atomic mass is 16.1. The summed E-state index contributed by atoms with van der Waals surface area (Å²) in [5.41, 5.74) is 14.1. The Morgan fingerprint density at radius 2 is 2.00 bits per heavy atom. The van der Waals surface area contributed by atoms with Crippen molar-refractivity contribution in [3.63, 3.8) is 0 Å². The summed E-state index contributed by atoms with van der Waals surface area (Å²) in [6.07, 6.45) is 1.30. The summed E-state index contributed by atoms with van der Waals surface area (Å²) in [4.78, 5) is 10.9. The SMILES string of the molecule is CC(C)Cc1ccc(CC(N)=O)c(CN)c1. The van der Waals surface area contributed by atoms with Crippen molar-refractivity contribution in [1.29, 1.82) is 0 Å². The summed E-state index contributed by atoms with van der Waals surface area (Å²) >= 11 is 0. The van der Waals surface area contributed by atoms with Gasteiger partial charge in [0.05, 0.1) is 6.42 Å². The Balaban J connectivity index is 2.92. The summed E-state index contributed by atoms with van der Waals surface area (Å²) in [5, 5.41) is 0. The van der Waals surface area contributed by atoms with Crippen molar-refractivity contribution in [3.8, 4) is 0 Å². The number of hydrogen-bond acceptors (Lipinski definition) is 2. The van der Waals surface area contributed by atoms with Crippen molar-refractivity contribution in [1.82, 2.24) is 0 Å². The van der Waals surface area contributed by atoms with E-state index >= 15 is 0 Å². The monoisotopic (exact) mass is 220 g/mol. The van der Waals surface area contributed by atoms with E-state index < -0.39 is 0 Å². The first-order chi connectivity index (χ1) is 7.52. The Bertz CT molecular complexity index is 372. The third kappa shape index (κ3) is 3.66. The largest absolute Gasteiger partial charge is 0.369 e. The summed E-state index contributed by atoms with van der Waals surface area (Å²) in [7, 11) is 0. The minimum Gasteiger partial charge on any atom is -0.369 e. The molecule has 3 nitrogen and oxygen atoms in total. The fourth-order valence-corrected chi connectivity index (χ4v) is 1.83. The second-order valence-electron chi connectivity index (χ2n) is 4.55. The van der Waals surface area contributed by atoms with Gasteiger partial charge in [0.1, 0.15) is 0 Å². The Labute approximate surface area is 96.8 Å². The van der Waals surface area contributed by atoms with Crippen LogP contribution >= 0.6 is 0 Å². The molecular weight excluding hydrogens is 200 g/mol. The number of benzene rings is 1. The lowest BCUT2D eigenvalue weighted by Crippen LogP contribution is -2.16. The molecule has 16 heavy (non-hydrogen) atoms. The van der Waals surface area contributed by atoms with Crippen molar-refractivity contribution >= 4 is 5.91 Å². The van der Waals surface area contributed by atoms with Crippen LogP contribution in [-0.2, 0) is 24.2 Å². The van der Waals surface area contributed by atoms with Crippen molar-refractivity contribution in [2.45, 2.75) is 33.2 Å². The molecular formula is C13H20N2O. The van der Waals surface area contributed by atoms with E-state index in [1.807, 2.05) is 6.07 Å². The van der Waals surface area contributed by atoms with Gasteiger partial charge in [-0.1, -0.05) is 32.0 Å². The first kappa shape index (κ1) is 12.7. The average molecular weight is 220 g/mol. The Morgan fingerprint density at radius 3 is 2.50 bits per heavy atom. The summed E-state index contributed by atoms with van der Waals surface area (Å²) in [6.45, 7) is 4.81. The molecule has 0 saturated carbocycles. The van der Waals surface area contributed by atoms with Gasteiger partial charge in [-0.15, -0.1) is 0 Å². The number of primary amides is 1. The van der Waals surface area contributed by atoms with Crippen molar-refractivity contribution in [2.24, 2.45) is 17.4 Å². The molecule has 0 aromatic heterocycles. The number of nitrogens with two attached hydrogens (primary N) is 2. The molecule has 0 unspecified atom stereocenters. The van der Waals surface area contributed by atoms with Crippen LogP contribution in [0.4, 0.5) is 0 Å². The molecule has 1 amide bonds. The van der Waals surface area contributed by atoms with Crippen LogP contribution in [0.25, 0.3) is 0 Å². The van der Waals surface area contributed by atoms with E-state index in [4.69, 9.17) is 11.5 Å². The zero-order valence-electron chi connectivity index (χ0n) is 9.99. The van der Waals surface area contributed by atoms with E-state index in [-0.39, 0.29) is 12.3 Å². The fraction of sp³-hybridized carbons (Fsp3) is 0.462. The van der Waals surface area contributed by atoms with Crippen LogP contribution in [-0.4, -0.2) is 5.91 Å². The maximum absolute atomic E-state index is 10.9. The van der Waals surface area contributed by atoms with Gasteiger partial charge >= 0.3 is 0 Å². The van der Waals surface area contributed by atoms with Gasteiger partial charge < -0.3 is 11.5 Å². The Morgan fingerprint density at radius 1 is 1.31 bits per heavy atom. The van der Waals surface area contributed by atoms with Crippen LogP contribution < -0.4 is 11.5 Å². The predicted octanol–water partition coefficient (Wildman–Crippen LogP) is 1.37. The van der Waals surface area contributed by atoms with Crippen LogP contribution in [0.1, 0.15) is 30.5 Å². The molecule has 0 atom stereocenters. The van der Waals surface area contributed by atoms with Crippen LogP contribution in [0, 0.1) is 5.92 Å². The Hall–Kier alpha value is -1.35. The van der Waals surface area contributed by atoms with Crippen molar-refractivity contribution < 1.29 is 4.79 Å². The van der Waals surface area contributed by atoms with Gasteiger partial charge in [-0.2, -0.15) is 0 Å². The third-order valence-corrected chi connectivity index (χ3v) is 2.50. The fourth-order valence-electron chi connectivity index (χ4n) is 1.83. The van der Waals surface area contributed by atoms with Gasteiger partial charge in [0.2, 0.25) is 5.91 Å². The maximum Gasteiger partial charge on any atom is 0.221 e. The van der Waals surface area contributed by atoms with Crippen LogP contribution in [0.5, 0.6) is 0 Å². The van der Waals surface area contributed by atoms with Crippen LogP contribution in [0.3, 0.4) is 0 Å². The highest BCUT2D eigenvalue weighted by Crippen LogP contribution is 2.15. The topological polar surface area (TPSA) is 69.1 Å². The van der Waals surface area contributed by atoms with Gasteiger partial charge in [-0.05, 0) is 29.0 Å². The summed E-state index contributed by atoms with van der Waals surface area (Å²) < 4.78 is 0. The predicted molar refractivity (Wildman–Crippen MR) is 65.8 cm³/mol. The van der Waals surface area contributed by atoms with Gasteiger partial charge in [0, 0.05) is 6.54 Å². The van der Waals surface area contributed by atoms with Gasteiger partial charge in [-0.3, -0.25) is 4.79 Å². The third-order valence-electron chi connectivity index (χ3n) is 2.50. The zero-order valence-corrected chi connectivity index (χ0v) is 9.99. The molecule has 1 aromatic carbocycles. The van der Waals surface area contributed by atoms with Crippen molar-refractivity contribution in [3.05, 3.63) is 34.9 Å². The standard InChI is InChI=1S/C13H20N2O/c1-9(2)5-10-3-4-11(7-13(15)16)12(6-10)8-14/h3-4,6,9H,5,7-8,14H2,1-2H3,(H2,15,16). The molecule has 0 fully saturated rings. The first-order valence-corrected chi connectivity index (χ1v) is 5.62. The van der Waals surface area contributed by atoms with Crippen LogP contribution in [0.2, 0.25) is 0 Å². The number of carbonyl (C=O) groups is 1. The lowest BCUT2D eigenvalue weighted by atomic mass is 9.96. The lowest BCUT2D eigenvalue weighted by molar-refractivity contribution is -0.117. The molecule has 0 heterocycles. The minimum absolute atomic E-state index is 0.272. The molecule has 3 heteroatoms. The normalized spacial score (nSPS) is 10.8. The number of carbonyl (C=O) groups excluding carboxylic acids is 1. The molecule has 0 aliphatic rings. The molecule has 0 bridgehead atoms. The molecule has 0 aliphatic carbocycles. The summed E-state index contributed by atoms with van der Waals surface area (Å²) in [5.74, 6) is 0.305. The molecule has 0 aliphatic heterocycles. The zero-order chi connectivity index (χ0) is 12.1. The number of amides is 1. The van der Waals surface area contributed by atoms with E-state index in [9.17, 15) is 4.79 Å². The first-order valence-electron chi connectivity index (χ1n) is 5.62. The quantitative estimate of drug-likeness (QED) is 0.787. The highest BCUT2D eigenvalue weighted by Gasteiger charge is 2.06. The van der Waals surface area contributed by atoms with Crippen molar-refractivity contribution in [2.75, 3.05) is 0 Å². The molecule has 88 valence electrons. The second kappa shape index (κ2) is 5.66. The van der Waals surface area contributed by atoms with Gasteiger partial charge in [0.25, 0.3) is 0 Å². The van der Waals surface area contributed by atoms with Crippen LogP contribution in [0.15, 0.2) is 18.2 Å². The number of rotatable bonds is 5. The van der Waals surface area contributed by atoms with E-state index in [1.165, 1.54) is 5.56 Å². The average Bonchev–Trinajstić information content (AvgIpc) is 2.18. The summed E-state index contributed by atoms with van der Waals surface area (Å²) in [6, 6.07) is 6.10. The van der Waals surface area contributed by atoms with E-state index in [0.29, 0.717) is 12.5 Å². The molecule has 1 aromatic rings. The minimum atomic E-state index is -0.314. The van der Waals surface area contributed by atoms with Gasteiger partial charge in [0.15, 0.2) is 0 Å². The smallest absolute Gasteiger partial charge is 0.221 e. The molecule has 0 saturated heterocycles. The molecule has 0 spiro atoms. The molecule has 1 rings (SSSR count). The molecule has 4 N–H and O–H groups in total. The van der Waals surface area contributed by atoms with E-state index in [0.717, 1.165) is 17.5 Å². The highest BCUT2D eigenvalue weighted by molar-refractivity contribution is 5.77. The maximum atomic E-state index is 10.9. The Kier molecular flexibility index (Phi) is 4.50. The lowest BCUT2D eigenvalue weighted by Gasteiger charge is -2.10. The van der Waals surface area contributed by atoms with E-state index in [2.05, 4.69) is 26.0 Å². The van der Waals surface area contributed by atoms with Gasteiger partial charge in [-0.25, -0.2) is 0 Å². The van der Waals surface area contributed by atoms with E-state index in [1.54, 1.807) is 0 Å².